The number of carboxylic acid groups (broad SMARTS) is 1. The first kappa shape index (κ1) is 34.8. The summed E-state index contributed by atoms with van der Waals surface area (Å²) in [6, 6.07) is 13.6. The van der Waals surface area contributed by atoms with Crippen molar-refractivity contribution in [1.29, 1.82) is 0 Å². The number of nitrogens with one attached hydrogen (secondary N) is 1. The van der Waals surface area contributed by atoms with Gasteiger partial charge in [-0.3, -0.25) is 0 Å². The molecule has 0 saturated heterocycles. The molecule has 1 unspecified atom stereocenters. The molecule has 0 radical (unpaired) electrons. The van der Waals surface area contributed by atoms with Crippen LogP contribution in [0.1, 0.15) is 39.6 Å². The van der Waals surface area contributed by atoms with Crippen LogP contribution in [0.4, 0.5) is 62.8 Å². The van der Waals surface area contributed by atoms with Gasteiger partial charge in [-0.1, -0.05) is 29.8 Å². The van der Waals surface area contributed by atoms with E-state index in [9.17, 15) is 39.5 Å². The Balaban J connectivity index is 0.000000644. The minimum absolute atomic E-state index is 0.0712. The van der Waals surface area contributed by atoms with Crippen LogP contribution in [0, 0.1) is 6.92 Å². The molecule has 17 heteroatoms. The third kappa shape index (κ3) is 8.59. The highest BCUT2D eigenvalue weighted by atomic mass is 19.4. The number of aliphatic carboxylic acids is 1. The summed E-state index contributed by atoms with van der Waals surface area (Å²) in [7, 11) is 0. The van der Waals surface area contributed by atoms with Crippen molar-refractivity contribution >= 4 is 29.2 Å². The van der Waals surface area contributed by atoms with Gasteiger partial charge in [-0.15, -0.1) is 0 Å². The Hall–Kier alpha value is -5.09. The molecular formula is C30H25F9N6O2. The van der Waals surface area contributed by atoms with E-state index < -0.39 is 41.7 Å². The Labute approximate surface area is 261 Å². The van der Waals surface area contributed by atoms with Gasteiger partial charge < -0.3 is 21.1 Å². The number of nitrogens with two attached hydrogens (primary N) is 1. The molecule has 250 valence electrons. The van der Waals surface area contributed by atoms with Gasteiger partial charge in [0.2, 0.25) is 5.95 Å². The van der Waals surface area contributed by atoms with E-state index in [0.29, 0.717) is 16.9 Å². The SMILES string of the molecule is Cc1ccc(C2Cc3nc(N)nc(Nc4ccc(C(F)(F)F)cc4)c3CCN2c2ncccc2C(F)(F)F)cc1.O=C(O)C(F)(F)F. The summed E-state index contributed by atoms with van der Waals surface area (Å²) in [6.45, 7) is 2.05. The number of carboxylic acids is 1. The summed E-state index contributed by atoms with van der Waals surface area (Å²) in [5, 5.41) is 10.1. The maximum atomic E-state index is 14.0. The van der Waals surface area contributed by atoms with Crippen LogP contribution >= 0.6 is 0 Å². The summed E-state index contributed by atoms with van der Waals surface area (Å²) >= 11 is 0. The number of anilines is 4. The van der Waals surface area contributed by atoms with E-state index in [1.807, 2.05) is 31.2 Å². The topological polar surface area (TPSA) is 117 Å². The second-order valence-electron chi connectivity index (χ2n) is 10.3. The van der Waals surface area contributed by atoms with Crippen molar-refractivity contribution in [2.45, 2.75) is 44.3 Å². The molecular weight excluding hydrogens is 647 g/mol. The van der Waals surface area contributed by atoms with Gasteiger partial charge in [0.15, 0.2) is 0 Å². The number of pyridine rings is 1. The molecule has 0 saturated carbocycles. The van der Waals surface area contributed by atoms with Gasteiger partial charge in [-0.05, 0) is 55.3 Å². The summed E-state index contributed by atoms with van der Waals surface area (Å²) < 4.78 is 113. The molecule has 2 aromatic carbocycles. The van der Waals surface area contributed by atoms with E-state index in [2.05, 4.69) is 20.3 Å². The van der Waals surface area contributed by atoms with Gasteiger partial charge in [0.1, 0.15) is 11.6 Å². The molecule has 0 spiro atoms. The van der Waals surface area contributed by atoms with Crippen molar-refractivity contribution in [3.8, 4) is 0 Å². The van der Waals surface area contributed by atoms with E-state index in [1.165, 1.54) is 24.4 Å². The van der Waals surface area contributed by atoms with E-state index in [4.69, 9.17) is 15.6 Å². The molecule has 5 rings (SSSR count). The molecule has 0 fully saturated rings. The number of aryl methyl sites for hydroxylation is 1. The van der Waals surface area contributed by atoms with Gasteiger partial charge in [0.05, 0.1) is 22.9 Å². The summed E-state index contributed by atoms with van der Waals surface area (Å²) in [5.74, 6) is -2.75. The van der Waals surface area contributed by atoms with Crippen molar-refractivity contribution in [2.24, 2.45) is 0 Å². The van der Waals surface area contributed by atoms with Crippen LogP contribution in [0.3, 0.4) is 0 Å². The molecule has 8 nitrogen and oxygen atoms in total. The van der Waals surface area contributed by atoms with Crippen LogP contribution in [0.5, 0.6) is 0 Å². The smallest absolute Gasteiger partial charge is 0.475 e. The molecule has 0 bridgehead atoms. The fourth-order valence-electron chi connectivity index (χ4n) is 4.83. The van der Waals surface area contributed by atoms with Gasteiger partial charge >= 0.3 is 24.5 Å². The second-order valence-corrected chi connectivity index (χ2v) is 10.3. The van der Waals surface area contributed by atoms with Crippen molar-refractivity contribution in [1.82, 2.24) is 15.0 Å². The van der Waals surface area contributed by atoms with Gasteiger partial charge in [-0.25, -0.2) is 14.8 Å². The number of aromatic nitrogens is 3. The summed E-state index contributed by atoms with van der Waals surface area (Å²) in [6.07, 6.45) is -12.4. The lowest BCUT2D eigenvalue weighted by Gasteiger charge is -2.33. The first-order valence-corrected chi connectivity index (χ1v) is 13.6. The largest absolute Gasteiger partial charge is 0.490 e. The van der Waals surface area contributed by atoms with Crippen LogP contribution < -0.4 is 16.0 Å². The standard InChI is InChI=1S/C28H24F6N6.C2HF3O2/c1-16-4-6-17(7-5-16)23-15-22-20(12-14-40(23)25-21(28(32,33)34)3-2-13-36-25)24(39-26(35)38-22)37-19-10-8-18(9-11-19)27(29,30)31;3-2(4,5)1(6)7/h2-11,13,23H,12,14-15H2,1H3,(H3,35,37,38,39);(H,6,7). The highest BCUT2D eigenvalue weighted by Gasteiger charge is 2.39. The van der Waals surface area contributed by atoms with Gasteiger partial charge in [-0.2, -0.15) is 44.5 Å². The monoisotopic (exact) mass is 672 g/mol. The fraction of sp³-hybridized carbons (Fsp3) is 0.267. The van der Waals surface area contributed by atoms with Crippen molar-refractivity contribution in [3.63, 3.8) is 0 Å². The molecule has 1 aliphatic heterocycles. The average molecular weight is 673 g/mol. The number of benzene rings is 2. The maximum Gasteiger partial charge on any atom is 0.490 e. The lowest BCUT2D eigenvalue weighted by Crippen LogP contribution is -2.33. The van der Waals surface area contributed by atoms with Crippen molar-refractivity contribution in [2.75, 3.05) is 22.5 Å². The zero-order valence-electron chi connectivity index (χ0n) is 24.2. The minimum Gasteiger partial charge on any atom is -0.475 e. The molecule has 2 aromatic heterocycles. The molecule has 0 aliphatic carbocycles. The quantitative estimate of drug-likeness (QED) is 0.191. The summed E-state index contributed by atoms with van der Waals surface area (Å²) in [4.78, 5) is 23.4. The van der Waals surface area contributed by atoms with Crippen LogP contribution in [0.15, 0.2) is 66.9 Å². The Morgan fingerprint density at radius 2 is 1.53 bits per heavy atom. The maximum absolute atomic E-state index is 14.0. The van der Waals surface area contributed by atoms with E-state index in [1.54, 1.807) is 4.90 Å². The molecule has 1 aliphatic rings. The predicted octanol–water partition coefficient (Wildman–Crippen LogP) is 7.52. The molecule has 1 atom stereocenters. The Morgan fingerprint density at radius 1 is 0.915 bits per heavy atom. The van der Waals surface area contributed by atoms with Gasteiger partial charge in [0.25, 0.3) is 0 Å². The number of carbonyl (C=O) groups is 1. The van der Waals surface area contributed by atoms with Crippen LogP contribution in [-0.4, -0.2) is 38.7 Å². The zero-order chi connectivity index (χ0) is 34.7. The number of nitrogen functional groups attached to an aromatic ring is 1. The van der Waals surface area contributed by atoms with Crippen molar-refractivity contribution < 1.29 is 49.4 Å². The molecule has 4 N–H and O–H groups in total. The third-order valence-corrected chi connectivity index (χ3v) is 7.02. The zero-order valence-corrected chi connectivity index (χ0v) is 24.2. The van der Waals surface area contributed by atoms with E-state index in [0.717, 1.165) is 29.3 Å². The van der Waals surface area contributed by atoms with E-state index >= 15 is 0 Å². The first-order valence-electron chi connectivity index (χ1n) is 13.6. The van der Waals surface area contributed by atoms with Gasteiger partial charge in [0, 0.05) is 30.4 Å². The molecule has 0 amide bonds. The lowest BCUT2D eigenvalue weighted by molar-refractivity contribution is -0.192. The average Bonchev–Trinajstić information content (AvgIpc) is 3.16. The fourth-order valence-corrected chi connectivity index (χ4v) is 4.83. The predicted molar refractivity (Wildman–Crippen MR) is 153 cm³/mol. The van der Waals surface area contributed by atoms with Crippen molar-refractivity contribution in [3.05, 3.63) is 100 Å². The lowest BCUT2D eigenvalue weighted by atomic mass is 9.98. The number of rotatable bonds is 4. The second kappa shape index (κ2) is 13.3. The number of halogens is 9. The van der Waals surface area contributed by atoms with E-state index in [-0.39, 0.29) is 37.0 Å². The number of nitrogens with zero attached hydrogens (tertiary/aromatic N) is 4. The third-order valence-electron chi connectivity index (χ3n) is 7.02. The number of fused-ring (bicyclic) bond motifs is 1. The molecule has 47 heavy (non-hydrogen) atoms. The Bertz CT molecular complexity index is 1710. The van der Waals surface area contributed by atoms with Crippen LogP contribution in [-0.2, 0) is 30.0 Å². The number of hydrogen-bond acceptors (Lipinski definition) is 7. The Morgan fingerprint density at radius 3 is 2.09 bits per heavy atom. The first-order chi connectivity index (χ1) is 21.8. The molecule has 3 heterocycles. The number of hydrogen-bond donors (Lipinski definition) is 3. The summed E-state index contributed by atoms with van der Waals surface area (Å²) in [5.41, 5.74) is 7.60. The Kier molecular flexibility index (Phi) is 9.87. The molecule has 4 aromatic rings. The number of alkyl halides is 9. The minimum atomic E-state index is -5.08. The van der Waals surface area contributed by atoms with Crippen LogP contribution in [0.2, 0.25) is 0 Å². The highest BCUT2D eigenvalue weighted by molar-refractivity contribution is 5.73. The highest BCUT2D eigenvalue weighted by Crippen LogP contribution is 2.41. The van der Waals surface area contributed by atoms with Crippen LogP contribution in [0.25, 0.3) is 0 Å². The normalized spacial score (nSPS) is 15.2.